The van der Waals surface area contributed by atoms with Gasteiger partial charge in [0.1, 0.15) is 18.3 Å². The van der Waals surface area contributed by atoms with E-state index in [1.165, 1.54) is 6.92 Å². The minimum absolute atomic E-state index is 0.312. The molecular weight excluding hydrogens is 336 g/mol. The molecule has 0 aromatic rings. The fourth-order valence-corrected chi connectivity index (χ4v) is 2.27. The average molecular weight is 360 g/mol. The molecule has 0 aromatic heterocycles. The molecular formula is C15H24N2O8. The Morgan fingerprint density at radius 1 is 1.28 bits per heavy atom. The van der Waals surface area contributed by atoms with Crippen molar-refractivity contribution in [3.63, 3.8) is 0 Å². The Bertz CT molecular complexity index is 548. The molecule has 0 aromatic carbocycles. The fourth-order valence-electron chi connectivity index (χ4n) is 2.27. The third-order valence-electron chi connectivity index (χ3n) is 3.63. The minimum Gasteiger partial charge on any atom is -0.478 e. The number of carbonyl (C=O) groups excluding carboxylic acids is 2. The molecule has 5 atom stereocenters. The van der Waals surface area contributed by atoms with Crippen molar-refractivity contribution in [2.45, 2.75) is 51.2 Å². The van der Waals surface area contributed by atoms with E-state index in [4.69, 9.17) is 9.84 Å². The second kappa shape index (κ2) is 8.79. The van der Waals surface area contributed by atoms with Crippen LogP contribution >= 0.6 is 0 Å². The summed E-state index contributed by atoms with van der Waals surface area (Å²) in [5.74, 6) is -3.30. The van der Waals surface area contributed by atoms with Gasteiger partial charge in [0.25, 0.3) is 0 Å². The maximum absolute atomic E-state index is 11.5. The Labute approximate surface area is 144 Å². The van der Waals surface area contributed by atoms with Gasteiger partial charge < -0.3 is 35.8 Å². The maximum atomic E-state index is 11.5. The van der Waals surface area contributed by atoms with Crippen LogP contribution in [0, 0.1) is 5.92 Å². The van der Waals surface area contributed by atoms with Crippen LogP contribution in [0.15, 0.2) is 11.8 Å². The molecule has 0 radical (unpaired) electrons. The van der Waals surface area contributed by atoms with Gasteiger partial charge in [0.05, 0.1) is 6.04 Å². The first-order valence-corrected chi connectivity index (χ1v) is 7.75. The van der Waals surface area contributed by atoms with Gasteiger partial charge in [0.2, 0.25) is 17.6 Å². The predicted octanol–water partition coefficient (Wildman–Crippen LogP) is -2.29. The van der Waals surface area contributed by atoms with Crippen molar-refractivity contribution in [1.82, 2.24) is 10.6 Å². The lowest BCUT2D eigenvalue weighted by molar-refractivity contribution is -0.147. The number of hydrogen-bond acceptors (Lipinski definition) is 7. The molecule has 1 rings (SSSR count). The van der Waals surface area contributed by atoms with E-state index in [9.17, 15) is 29.7 Å². The van der Waals surface area contributed by atoms with Crippen LogP contribution in [0.25, 0.3) is 0 Å². The summed E-state index contributed by atoms with van der Waals surface area (Å²) < 4.78 is 5.13. The average Bonchev–Trinajstić information content (AvgIpc) is 2.52. The number of nitrogens with one attached hydrogen (secondary N) is 2. The highest BCUT2D eigenvalue weighted by Gasteiger charge is 2.43. The molecule has 25 heavy (non-hydrogen) atoms. The maximum Gasteiger partial charge on any atom is 0.370 e. The van der Waals surface area contributed by atoms with Gasteiger partial charge in [-0.25, -0.2) is 4.79 Å². The second-order valence-corrected chi connectivity index (χ2v) is 6.09. The molecule has 0 aliphatic carbocycles. The zero-order chi connectivity index (χ0) is 19.3. The summed E-state index contributed by atoms with van der Waals surface area (Å²) >= 11 is 0. The van der Waals surface area contributed by atoms with Crippen molar-refractivity contribution < 1.29 is 39.5 Å². The van der Waals surface area contributed by atoms with Crippen molar-refractivity contribution in [2.75, 3.05) is 6.54 Å². The third-order valence-corrected chi connectivity index (χ3v) is 3.63. The molecule has 0 spiro atoms. The lowest BCUT2D eigenvalue weighted by Gasteiger charge is -2.38. The monoisotopic (exact) mass is 360 g/mol. The normalized spacial score (nSPS) is 25.4. The number of ether oxygens (including phenoxy) is 1. The SMILES string of the molecule is CC(=O)N[C@H]1[C@H]([C@H](O)[C@H](O)CNC(=O)C(C)C)OC(C(=O)O)=C[C@@H]1O. The summed E-state index contributed by atoms with van der Waals surface area (Å²) in [5, 5.41) is 44.1. The Morgan fingerprint density at radius 3 is 2.36 bits per heavy atom. The van der Waals surface area contributed by atoms with Gasteiger partial charge >= 0.3 is 5.97 Å². The topological polar surface area (TPSA) is 165 Å². The lowest BCUT2D eigenvalue weighted by Crippen LogP contribution is -2.60. The molecule has 10 nitrogen and oxygen atoms in total. The molecule has 6 N–H and O–H groups in total. The molecule has 1 aliphatic rings. The molecule has 0 unspecified atom stereocenters. The van der Waals surface area contributed by atoms with Gasteiger partial charge in [0.15, 0.2) is 6.10 Å². The highest BCUT2D eigenvalue weighted by Crippen LogP contribution is 2.22. The van der Waals surface area contributed by atoms with Crippen LogP contribution in [0.2, 0.25) is 0 Å². The Balaban J connectivity index is 2.91. The van der Waals surface area contributed by atoms with Gasteiger partial charge in [-0.05, 0) is 6.08 Å². The van der Waals surface area contributed by atoms with Gasteiger partial charge in [-0.3, -0.25) is 9.59 Å². The molecule has 10 heteroatoms. The first-order valence-electron chi connectivity index (χ1n) is 7.75. The third kappa shape index (κ3) is 5.69. The summed E-state index contributed by atoms with van der Waals surface area (Å²) in [4.78, 5) is 33.9. The van der Waals surface area contributed by atoms with Crippen LogP contribution in [-0.4, -0.2) is 75.2 Å². The van der Waals surface area contributed by atoms with Crippen LogP contribution in [-0.2, 0) is 19.1 Å². The van der Waals surface area contributed by atoms with Gasteiger partial charge in [-0.1, -0.05) is 13.8 Å². The van der Waals surface area contributed by atoms with Gasteiger partial charge in [-0.2, -0.15) is 0 Å². The highest BCUT2D eigenvalue weighted by molar-refractivity contribution is 5.84. The zero-order valence-electron chi connectivity index (χ0n) is 14.2. The first-order chi connectivity index (χ1) is 11.5. The van der Waals surface area contributed by atoms with E-state index >= 15 is 0 Å². The van der Waals surface area contributed by atoms with Crippen molar-refractivity contribution in [2.24, 2.45) is 5.92 Å². The number of carboxylic acids is 1. The number of aliphatic carboxylic acids is 1. The second-order valence-electron chi connectivity index (χ2n) is 6.09. The van der Waals surface area contributed by atoms with E-state index in [0.29, 0.717) is 0 Å². The zero-order valence-corrected chi connectivity index (χ0v) is 14.2. The van der Waals surface area contributed by atoms with E-state index in [2.05, 4.69) is 10.6 Å². The molecule has 142 valence electrons. The molecule has 1 heterocycles. The van der Waals surface area contributed by atoms with Gasteiger partial charge in [-0.15, -0.1) is 0 Å². The molecule has 1 aliphatic heterocycles. The first kappa shape index (κ1) is 20.9. The number of carboxylic acid groups (broad SMARTS) is 1. The Morgan fingerprint density at radius 2 is 1.88 bits per heavy atom. The highest BCUT2D eigenvalue weighted by atomic mass is 16.5. The van der Waals surface area contributed by atoms with Crippen LogP contribution in [0.1, 0.15) is 20.8 Å². The number of rotatable bonds is 7. The van der Waals surface area contributed by atoms with Gasteiger partial charge in [0, 0.05) is 19.4 Å². The van der Waals surface area contributed by atoms with E-state index in [1.54, 1.807) is 13.8 Å². The van der Waals surface area contributed by atoms with E-state index < -0.39 is 48.1 Å². The quantitative estimate of drug-likeness (QED) is 0.295. The Hall–Kier alpha value is -2.17. The Kier molecular flexibility index (Phi) is 7.34. The van der Waals surface area contributed by atoms with Crippen LogP contribution in [0.3, 0.4) is 0 Å². The van der Waals surface area contributed by atoms with E-state index in [1.807, 2.05) is 0 Å². The number of aliphatic hydroxyl groups is 3. The number of amides is 2. The summed E-state index contributed by atoms with van der Waals surface area (Å²) in [6.07, 6.45) is -5.17. The molecule has 0 fully saturated rings. The summed E-state index contributed by atoms with van der Waals surface area (Å²) in [5.41, 5.74) is 0. The largest absolute Gasteiger partial charge is 0.478 e. The predicted molar refractivity (Wildman–Crippen MR) is 84.1 cm³/mol. The van der Waals surface area contributed by atoms with Crippen molar-refractivity contribution in [3.05, 3.63) is 11.8 Å². The van der Waals surface area contributed by atoms with E-state index in [0.717, 1.165) is 6.08 Å². The molecule has 0 saturated carbocycles. The molecule has 0 bridgehead atoms. The summed E-state index contributed by atoms with van der Waals surface area (Å²) in [6, 6.07) is -1.17. The number of hydrogen-bond donors (Lipinski definition) is 6. The number of carbonyl (C=O) groups is 3. The molecule has 2 amide bonds. The summed E-state index contributed by atoms with van der Waals surface area (Å²) in [6.45, 7) is 4.16. The van der Waals surface area contributed by atoms with Crippen LogP contribution in [0.5, 0.6) is 0 Å². The van der Waals surface area contributed by atoms with Crippen LogP contribution in [0.4, 0.5) is 0 Å². The fraction of sp³-hybridized carbons (Fsp3) is 0.667. The summed E-state index contributed by atoms with van der Waals surface area (Å²) in [7, 11) is 0. The van der Waals surface area contributed by atoms with Crippen LogP contribution < -0.4 is 10.6 Å². The van der Waals surface area contributed by atoms with Crippen molar-refractivity contribution in [3.8, 4) is 0 Å². The van der Waals surface area contributed by atoms with E-state index in [-0.39, 0.29) is 18.4 Å². The van der Waals surface area contributed by atoms with Crippen molar-refractivity contribution in [1.29, 1.82) is 0 Å². The smallest absolute Gasteiger partial charge is 0.370 e. The minimum atomic E-state index is -1.68. The van der Waals surface area contributed by atoms with Crippen molar-refractivity contribution >= 4 is 17.8 Å². The molecule has 0 saturated heterocycles. The number of aliphatic hydroxyl groups excluding tert-OH is 3. The standard InChI is InChI=1S/C15H24N2O8/c1-6(2)14(22)16-5-9(20)12(21)13-11(17-7(3)18)8(19)4-10(25-13)15(23)24/h4,6,8-9,11-13,19-21H,5H2,1-3H3,(H,16,22)(H,17,18)(H,23,24)/t8-,9+,11+,12+,13+/m0/s1. The lowest BCUT2D eigenvalue weighted by atomic mass is 9.93.